The molecule has 0 bridgehead atoms. The highest BCUT2D eigenvalue weighted by Gasteiger charge is 2.26. The van der Waals surface area contributed by atoms with E-state index in [1.807, 2.05) is 0 Å². The zero-order chi connectivity index (χ0) is 10.1. The highest BCUT2D eigenvalue weighted by molar-refractivity contribution is 4.81. The summed E-state index contributed by atoms with van der Waals surface area (Å²) in [5.74, 6) is 1.76. The molecular weight excluding hydrogens is 158 g/mol. The highest BCUT2D eigenvalue weighted by atomic mass is 15.2. The average molecular weight is 183 g/mol. The maximum absolute atomic E-state index is 2.65. The molecule has 0 aromatic heterocycles. The van der Waals surface area contributed by atoms with Crippen LogP contribution in [0.4, 0.5) is 0 Å². The van der Waals surface area contributed by atoms with E-state index in [-0.39, 0.29) is 0 Å². The van der Waals surface area contributed by atoms with Crippen molar-refractivity contribution < 1.29 is 0 Å². The first-order valence-corrected chi connectivity index (χ1v) is 5.64. The van der Waals surface area contributed by atoms with Crippen molar-refractivity contribution in [1.29, 1.82) is 0 Å². The lowest BCUT2D eigenvalue weighted by atomic mass is 10.0. The van der Waals surface area contributed by atoms with Crippen LogP contribution >= 0.6 is 0 Å². The van der Waals surface area contributed by atoms with Crippen molar-refractivity contribution in [3.63, 3.8) is 0 Å². The van der Waals surface area contributed by atoms with Gasteiger partial charge in [-0.25, -0.2) is 0 Å². The Bertz CT molecular complexity index is 145. The monoisotopic (exact) mass is 183 g/mol. The van der Waals surface area contributed by atoms with Crippen LogP contribution in [0.25, 0.3) is 0 Å². The van der Waals surface area contributed by atoms with Gasteiger partial charge in [-0.1, -0.05) is 13.8 Å². The van der Waals surface area contributed by atoms with E-state index < -0.39 is 0 Å². The van der Waals surface area contributed by atoms with Gasteiger partial charge >= 0.3 is 0 Å². The van der Waals surface area contributed by atoms with Crippen LogP contribution in [0.5, 0.6) is 0 Å². The van der Waals surface area contributed by atoms with Gasteiger partial charge in [0, 0.05) is 18.6 Å². The molecule has 0 radical (unpaired) electrons. The van der Waals surface area contributed by atoms with Crippen molar-refractivity contribution in [2.45, 2.75) is 53.0 Å². The summed E-state index contributed by atoms with van der Waals surface area (Å²) < 4.78 is 0. The second-order valence-corrected chi connectivity index (χ2v) is 5.86. The van der Waals surface area contributed by atoms with Crippen LogP contribution in [0.3, 0.4) is 0 Å². The van der Waals surface area contributed by atoms with Crippen molar-refractivity contribution in [2.24, 2.45) is 11.8 Å². The zero-order valence-corrected chi connectivity index (χ0v) is 9.93. The molecule has 1 saturated heterocycles. The fourth-order valence-electron chi connectivity index (χ4n) is 2.13. The van der Waals surface area contributed by atoms with Crippen LogP contribution in [-0.4, -0.2) is 23.5 Å². The second-order valence-electron chi connectivity index (χ2n) is 5.86. The van der Waals surface area contributed by atoms with Gasteiger partial charge in [0.25, 0.3) is 0 Å². The molecule has 0 N–H and O–H groups in total. The molecule has 0 aromatic carbocycles. The van der Waals surface area contributed by atoms with E-state index in [4.69, 9.17) is 0 Å². The number of hydrogen-bond donors (Lipinski definition) is 0. The zero-order valence-electron chi connectivity index (χ0n) is 9.93. The molecule has 1 aliphatic rings. The lowest BCUT2D eigenvalue weighted by molar-refractivity contribution is 0.115. The summed E-state index contributed by atoms with van der Waals surface area (Å²) in [6.07, 6.45) is 2.82. The number of rotatable bonds is 0. The summed E-state index contributed by atoms with van der Waals surface area (Å²) in [6, 6.07) is 0. The molecule has 13 heavy (non-hydrogen) atoms. The van der Waals surface area contributed by atoms with Gasteiger partial charge in [0.15, 0.2) is 0 Å². The van der Waals surface area contributed by atoms with Crippen molar-refractivity contribution >= 4 is 0 Å². The van der Waals surface area contributed by atoms with E-state index in [0.29, 0.717) is 5.54 Å². The van der Waals surface area contributed by atoms with Crippen molar-refractivity contribution in [3.05, 3.63) is 0 Å². The van der Waals surface area contributed by atoms with Gasteiger partial charge in [0.2, 0.25) is 0 Å². The third-order valence-electron chi connectivity index (χ3n) is 3.17. The van der Waals surface area contributed by atoms with Crippen LogP contribution in [-0.2, 0) is 0 Å². The standard InChI is InChI=1S/C12H25N/c1-10-6-7-11(2)9-13(8-10)12(3,4)5/h10-11H,6-9H2,1-5H3. The first kappa shape index (κ1) is 11.0. The maximum atomic E-state index is 2.65. The van der Waals surface area contributed by atoms with Crippen molar-refractivity contribution in [2.75, 3.05) is 13.1 Å². The summed E-state index contributed by atoms with van der Waals surface area (Å²) in [7, 11) is 0. The molecule has 78 valence electrons. The summed E-state index contributed by atoms with van der Waals surface area (Å²) in [4.78, 5) is 2.65. The molecule has 1 fully saturated rings. The van der Waals surface area contributed by atoms with Gasteiger partial charge < -0.3 is 0 Å². The molecule has 0 saturated carbocycles. The van der Waals surface area contributed by atoms with Crippen molar-refractivity contribution in [3.8, 4) is 0 Å². The predicted octanol–water partition coefficient (Wildman–Crippen LogP) is 3.15. The topological polar surface area (TPSA) is 3.24 Å². The third-order valence-corrected chi connectivity index (χ3v) is 3.17. The minimum Gasteiger partial charge on any atom is -0.298 e. The van der Waals surface area contributed by atoms with E-state index in [1.54, 1.807) is 0 Å². The molecule has 1 heteroatoms. The van der Waals surface area contributed by atoms with Gasteiger partial charge in [-0.05, 0) is 45.4 Å². The molecule has 2 atom stereocenters. The largest absolute Gasteiger partial charge is 0.298 e. The quantitative estimate of drug-likeness (QED) is 0.557. The Morgan fingerprint density at radius 3 is 1.62 bits per heavy atom. The van der Waals surface area contributed by atoms with Gasteiger partial charge in [-0.3, -0.25) is 4.90 Å². The van der Waals surface area contributed by atoms with E-state index >= 15 is 0 Å². The SMILES string of the molecule is CC1CCC(C)CN(C(C)(C)C)C1. The fraction of sp³-hybridized carbons (Fsp3) is 1.00. The first-order chi connectivity index (χ1) is 5.89. The van der Waals surface area contributed by atoms with Crippen LogP contribution in [0.15, 0.2) is 0 Å². The summed E-state index contributed by atoms with van der Waals surface area (Å²) in [5.41, 5.74) is 0.354. The van der Waals surface area contributed by atoms with Gasteiger partial charge in [0.1, 0.15) is 0 Å². The van der Waals surface area contributed by atoms with E-state index in [1.165, 1.54) is 25.9 Å². The number of nitrogens with zero attached hydrogens (tertiary/aromatic N) is 1. The Kier molecular flexibility index (Phi) is 3.39. The Morgan fingerprint density at radius 1 is 0.923 bits per heavy atom. The lowest BCUT2D eigenvalue weighted by Crippen LogP contribution is -2.44. The normalized spacial score (nSPS) is 33.0. The summed E-state index contributed by atoms with van der Waals surface area (Å²) in [6.45, 7) is 14.3. The summed E-state index contributed by atoms with van der Waals surface area (Å²) >= 11 is 0. The van der Waals surface area contributed by atoms with Gasteiger partial charge in [0.05, 0.1) is 0 Å². The molecule has 1 heterocycles. The molecule has 0 amide bonds. The van der Waals surface area contributed by atoms with E-state index in [2.05, 4.69) is 39.5 Å². The molecule has 1 aliphatic heterocycles. The molecule has 2 unspecified atom stereocenters. The Labute approximate surface area is 83.5 Å². The van der Waals surface area contributed by atoms with Crippen LogP contribution in [0, 0.1) is 11.8 Å². The number of hydrogen-bond acceptors (Lipinski definition) is 1. The summed E-state index contributed by atoms with van der Waals surface area (Å²) in [5, 5.41) is 0. The molecule has 1 rings (SSSR count). The second kappa shape index (κ2) is 4.00. The Hall–Kier alpha value is -0.0400. The molecular formula is C12H25N. The smallest absolute Gasteiger partial charge is 0.0125 e. The maximum Gasteiger partial charge on any atom is 0.0125 e. The third kappa shape index (κ3) is 3.30. The van der Waals surface area contributed by atoms with Gasteiger partial charge in [-0.15, -0.1) is 0 Å². The lowest BCUT2D eigenvalue weighted by Gasteiger charge is -2.37. The van der Waals surface area contributed by atoms with Crippen LogP contribution in [0.2, 0.25) is 0 Å². The highest BCUT2D eigenvalue weighted by Crippen LogP contribution is 2.25. The Morgan fingerprint density at radius 2 is 1.31 bits per heavy atom. The molecule has 0 aromatic rings. The van der Waals surface area contributed by atoms with Crippen molar-refractivity contribution in [1.82, 2.24) is 4.90 Å². The van der Waals surface area contributed by atoms with E-state index in [0.717, 1.165) is 11.8 Å². The molecule has 0 spiro atoms. The first-order valence-electron chi connectivity index (χ1n) is 5.64. The Balaban J connectivity index is 2.62. The van der Waals surface area contributed by atoms with Gasteiger partial charge in [-0.2, -0.15) is 0 Å². The minimum atomic E-state index is 0.354. The minimum absolute atomic E-state index is 0.354. The van der Waals surface area contributed by atoms with Crippen LogP contribution < -0.4 is 0 Å². The van der Waals surface area contributed by atoms with Crippen LogP contribution in [0.1, 0.15) is 47.5 Å². The average Bonchev–Trinajstić information content (AvgIpc) is 2.12. The predicted molar refractivity (Wildman–Crippen MR) is 58.9 cm³/mol. The number of likely N-dealkylation sites (tertiary alicyclic amines) is 1. The molecule has 1 nitrogen and oxygen atoms in total. The van der Waals surface area contributed by atoms with E-state index in [9.17, 15) is 0 Å². The fourth-order valence-corrected chi connectivity index (χ4v) is 2.13. The molecule has 0 aliphatic carbocycles.